The van der Waals surface area contributed by atoms with Crippen LogP contribution >= 0.6 is 11.6 Å². The zero-order valence-electron chi connectivity index (χ0n) is 20.0. The van der Waals surface area contributed by atoms with Gasteiger partial charge in [-0.05, 0) is 37.1 Å². The number of aryl methyl sites for hydroxylation is 1. The molecule has 5 rings (SSSR count). The fraction of sp³-hybridized carbons (Fsp3) is 0.423. The van der Waals surface area contributed by atoms with Crippen LogP contribution in [0.25, 0.3) is 11.0 Å². The van der Waals surface area contributed by atoms with Crippen molar-refractivity contribution in [1.29, 1.82) is 5.26 Å². The molecule has 2 aromatic heterocycles. The van der Waals surface area contributed by atoms with Gasteiger partial charge in [-0.2, -0.15) is 5.26 Å². The number of anilines is 1. The predicted octanol–water partition coefficient (Wildman–Crippen LogP) is 4.41. The molecule has 3 atom stereocenters. The summed E-state index contributed by atoms with van der Waals surface area (Å²) in [6, 6.07) is 10.3. The van der Waals surface area contributed by atoms with Crippen LogP contribution < -0.4 is 15.2 Å². The largest absolute Gasteiger partial charge is 0.484 e. The molecule has 0 aliphatic carbocycles. The fourth-order valence-corrected chi connectivity index (χ4v) is 5.70. The molecular weight excluding hydrogens is 469 g/mol. The molecule has 4 heterocycles. The molecule has 1 saturated heterocycles. The molecule has 0 spiro atoms. The summed E-state index contributed by atoms with van der Waals surface area (Å²) >= 11 is 6.01. The topological polar surface area (TPSA) is 74.4 Å². The third kappa shape index (κ3) is 3.83. The van der Waals surface area contributed by atoms with Gasteiger partial charge in [-0.1, -0.05) is 31.5 Å². The number of aromatic nitrogens is 2. The van der Waals surface area contributed by atoms with E-state index in [4.69, 9.17) is 16.3 Å². The summed E-state index contributed by atoms with van der Waals surface area (Å²) in [6.45, 7) is 5.82. The van der Waals surface area contributed by atoms with Crippen molar-refractivity contribution in [3.63, 3.8) is 0 Å². The normalized spacial score (nSPS) is 20.6. The SMILES string of the molecule is CC[C@@H]1CN2c3c(c(=O)n(C)c4ccc(C#N)nc34)OC[C@@H]2CN1[C@H](CC)c1ccc(Cl)cc1F. The first-order valence-electron chi connectivity index (χ1n) is 11.9. The molecule has 182 valence electrons. The van der Waals surface area contributed by atoms with Crippen molar-refractivity contribution in [2.24, 2.45) is 7.05 Å². The summed E-state index contributed by atoms with van der Waals surface area (Å²) in [6.07, 6.45) is 1.60. The molecule has 0 N–H and O–H groups in total. The molecule has 0 saturated carbocycles. The number of hydrogen-bond acceptors (Lipinski definition) is 6. The average Bonchev–Trinajstić information content (AvgIpc) is 2.87. The van der Waals surface area contributed by atoms with Gasteiger partial charge in [0.25, 0.3) is 5.56 Å². The standard InChI is InChI=1S/C26H27ClFN5O2/c1-4-17-12-33-18(13-32(17)21(5-2)19-8-6-15(27)10-20(19)28)14-35-25-24(33)23-22(31(3)26(25)34)9-7-16(11-29)30-23/h6-10,17-18,21H,4-5,12-14H2,1-3H3/t17-,18+,21-/m1/s1. The van der Waals surface area contributed by atoms with E-state index in [1.807, 2.05) is 0 Å². The van der Waals surface area contributed by atoms with E-state index in [1.54, 1.807) is 31.3 Å². The highest BCUT2D eigenvalue weighted by Crippen LogP contribution is 2.41. The van der Waals surface area contributed by atoms with Gasteiger partial charge >= 0.3 is 0 Å². The molecule has 35 heavy (non-hydrogen) atoms. The van der Waals surface area contributed by atoms with Crippen LogP contribution in [0.15, 0.2) is 35.1 Å². The Morgan fingerprint density at radius 1 is 1.29 bits per heavy atom. The third-order valence-corrected chi connectivity index (χ3v) is 7.55. The molecular formula is C26H27ClFN5O2. The first-order valence-corrected chi connectivity index (χ1v) is 12.3. The zero-order chi connectivity index (χ0) is 24.9. The monoisotopic (exact) mass is 495 g/mol. The molecule has 0 bridgehead atoms. The Kier molecular flexibility index (Phi) is 6.16. The van der Waals surface area contributed by atoms with Crippen LogP contribution in [0.3, 0.4) is 0 Å². The van der Waals surface area contributed by atoms with Crippen LogP contribution in [0, 0.1) is 17.1 Å². The van der Waals surface area contributed by atoms with Crippen LogP contribution in [0.2, 0.25) is 5.02 Å². The van der Waals surface area contributed by atoms with Crippen LogP contribution in [0.4, 0.5) is 10.1 Å². The van der Waals surface area contributed by atoms with E-state index in [0.717, 1.165) is 12.8 Å². The van der Waals surface area contributed by atoms with Crippen LogP contribution in [0.5, 0.6) is 5.75 Å². The smallest absolute Gasteiger partial charge is 0.295 e. The van der Waals surface area contributed by atoms with Crippen LogP contribution in [-0.4, -0.2) is 46.2 Å². The highest BCUT2D eigenvalue weighted by molar-refractivity contribution is 6.30. The van der Waals surface area contributed by atoms with Gasteiger partial charge in [0.15, 0.2) is 0 Å². The number of halogens is 2. The van der Waals surface area contributed by atoms with Gasteiger partial charge in [0, 0.05) is 42.8 Å². The molecule has 2 aliphatic heterocycles. The van der Waals surface area contributed by atoms with Crippen LogP contribution in [-0.2, 0) is 7.05 Å². The van der Waals surface area contributed by atoms with Crippen molar-refractivity contribution < 1.29 is 9.13 Å². The molecule has 9 heteroatoms. The highest BCUT2D eigenvalue weighted by atomic mass is 35.5. The third-order valence-electron chi connectivity index (χ3n) is 7.31. The Labute approximate surface area is 208 Å². The molecule has 0 unspecified atom stereocenters. The Balaban J connectivity index is 1.59. The molecule has 2 aliphatic rings. The molecule has 0 radical (unpaired) electrons. The van der Waals surface area contributed by atoms with Gasteiger partial charge in [0.05, 0.1) is 11.6 Å². The van der Waals surface area contributed by atoms with Gasteiger partial charge in [-0.3, -0.25) is 9.69 Å². The van der Waals surface area contributed by atoms with Crippen molar-refractivity contribution >= 4 is 28.3 Å². The van der Waals surface area contributed by atoms with Crippen molar-refractivity contribution in [2.75, 3.05) is 24.6 Å². The van der Waals surface area contributed by atoms with Gasteiger partial charge in [0.1, 0.15) is 35.4 Å². The summed E-state index contributed by atoms with van der Waals surface area (Å²) in [4.78, 5) is 22.3. The number of rotatable bonds is 4. The number of nitriles is 1. The quantitative estimate of drug-likeness (QED) is 0.533. The van der Waals surface area contributed by atoms with E-state index in [2.05, 4.69) is 34.7 Å². The summed E-state index contributed by atoms with van der Waals surface area (Å²) in [5, 5.41) is 9.82. The second-order valence-electron chi connectivity index (χ2n) is 9.18. The number of ether oxygens (including phenoxy) is 1. The molecule has 1 aromatic carbocycles. The maximum Gasteiger partial charge on any atom is 0.295 e. The average molecular weight is 496 g/mol. The lowest BCUT2D eigenvalue weighted by molar-refractivity contribution is 0.0705. The number of hydrogen-bond donors (Lipinski definition) is 0. The minimum absolute atomic E-state index is 0.0439. The van der Waals surface area contributed by atoms with E-state index >= 15 is 0 Å². The molecule has 0 amide bonds. The predicted molar refractivity (Wildman–Crippen MR) is 134 cm³/mol. The second-order valence-corrected chi connectivity index (χ2v) is 9.62. The van der Waals surface area contributed by atoms with E-state index in [0.29, 0.717) is 47.0 Å². The van der Waals surface area contributed by atoms with Crippen molar-refractivity contribution in [2.45, 2.75) is 44.8 Å². The highest BCUT2D eigenvalue weighted by Gasteiger charge is 2.42. The minimum atomic E-state index is -0.297. The van der Waals surface area contributed by atoms with E-state index in [1.165, 1.54) is 10.6 Å². The number of fused-ring (bicyclic) bond motifs is 5. The van der Waals surface area contributed by atoms with Crippen molar-refractivity contribution in [1.82, 2.24) is 14.5 Å². The first kappa shape index (κ1) is 23.6. The summed E-state index contributed by atoms with van der Waals surface area (Å²) in [5.41, 5.74) is 2.60. The zero-order valence-corrected chi connectivity index (χ0v) is 20.7. The Bertz CT molecular complexity index is 1400. The Morgan fingerprint density at radius 3 is 2.77 bits per heavy atom. The lowest BCUT2D eigenvalue weighted by atomic mass is 9.94. The summed E-state index contributed by atoms with van der Waals surface area (Å²) in [7, 11) is 1.69. The second kappa shape index (κ2) is 9.14. The number of pyridine rings is 2. The van der Waals surface area contributed by atoms with Gasteiger partial charge in [-0.15, -0.1) is 0 Å². The van der Waals surface area contributed by atoms with E-state index < -0.39 is 0 Å². The lowest BCUT2D eigenvalue weighted by Crippen LogP contribution is -2.62. The van der Waals surface area contributed by atoms with E-state index in [-0.39, 0.29) is 40.9 Å². The lowest BCUT2D eigenvalue weighted by Gasteiger charge is -2.51. The number of benzene rings is 1. The Hall–Kier alpha value is -3.15. The first-order chi connectivity index (χ1) is 16.9. The maximum absolute atomic E-state index is 14.9. The molecule has 3 aromatic rings. The molecule has 7 nitrogen and oxygen atoms in total. The number of nitrogens with zero attached hydrogens (tertiary/aromatic N) is 5. The van der Waals surface area contributed by atoms with Crippen LogP contribution in [0.1, 0.15) is 44.0 Å². The van der Waals surface area contributed by atoms with Gasteiger partial charge in [0.2, 0.25) is 5.75 Å². The number of piperazine rings is 1. The Morgan fingerprint density at radius 2 is 2.09 bits per heavy atom. The van der Waals surface area contributed by atoms with Crippen molar-refractivity contribution in [3.8, 4) is 11.8 Å². The van der Waals surface area contributed by atoms with Gasteiger partial charge in [-0.25, -0.2) is 9.37 Å². The summed E-state index contributed by atoms with van der Waals surface area (Å²) in [5.74, 6) is -0.0208. The molecule has 1 fully saturated rings. The maximum atomic E-state index is 14.9. The minimum Gasteiger partial charge on any atom is -0.484 e. The summed E-state index contributed by atoms with van der Waals surface area (Å²) < 4.78 is 22.5. The van der Waals surface area contributed by atoms with E-state index in [9.17, 15) is 14.4 Å². The fourth-order valence-electron chi connectivity index (χ4n) is 5.54. The van der Waals surface area contributed by atoms with Gasteiger partial charge < -0.3 is 14.2 Å². The van der Waals surface area contributed by atoms with Crippen molar-refractivity contribution in [3.05, 3.63) is 62.8 Å².